The van der Waals surface area contributed by atoms with Gasteiger partial charge in [0.1, 0.15) is 6.29 Å². The molecule has 98 valence electrons. The SMILES string of the molecule is CC.CC.CC(C)(C)c1ccc(CC=O)cc1. The minimum atomic E-state index is 0.194. The Morgan fingerprint density at radius 2 is 1.35 bits per heavy atom. The van der Waals surface area contributed by atoms with Crippen LogP contribution in [0.15, 0.2) is 24.3 Å². The zero-order valence-corrected chi connectivity index (χ0v) is 12.5. The van der Waals surface area contributed by atoms with Gasteiger partial charge in [0.2, 0.25) is 0 Å². The van der Waals surface area contributed by atoms with E-state index < -0.39 is 0 Å². The monoisotopic (exact) mass is 236 g/mol. The van der Waals surface area contributed by atoms with Gasteiger partial charge in [-0.25, -0.2) is 0 Å². The molecule has 0 aliphatic rings. The average Bonchev–Trinajstić information content (AvgIpc) is 2.34. The Labute approximate surface area is 107 Å². The molecule has 0 aliphatic carbocycles. The molecule has 0 atom stereocenters. The molecule has 0 saturated carbocycles. The maximum absolute atomic E-state index is 10.3. The largest absolute Gasteiger partial charge is 0.303 e. The zero-order chi connectivity index (χ0) is 13.9. The van der Waals surface area contributed by atoms with Gasteiger partial charge in [0.05, 0.1) is 0 Å². The van der Waals surface area contributed by atoms with E-state index >= 15 is 0 Å². The molecule has 0 N–H and O–H groups in total. The number of aldehydes is 1. The van der Waals surface area contributed by atoms with Gasteiger partial charge in [-0.3, -0.25) is 0 Å². The summed E-state index contributed by atoms with van der Waals surface area (Å²) < 4.78 is 0. The molecule has 1 aromatic carbocycles. The molecule has 0 spiro atoms. The van der Waals surface area contributed by atoms with Crippen molar-refractivity contribution < 1.29 is 4.79 Å². The summed E-state index contributed by atoms with van der Waals surface area (Å²) in [4.78, 5) is 10.3. The van der Waals surface area contributed by atoms with Gasteiger partial charge in [-0.05, 0) is 16.5 Å². The average molecular weight is 236 g/mol. The Balaban J connectivity index is 0. The van der Waals surface area contributed by atoms with E-state index in [1.165, 1.54) is 5.56 Å². The highest BCUT2D eigenvalue weighted by Gasteiger charge is 2.12. The van der Waals surface area contributed by atoms with Crippen LogP contribution >= 0.6 is 0 Å². The molecule has 1 heteroatoms. The van der Waals surface area contributed by atoms with Gasteiger partial charge in [0, 0.05) is 6.42 Å². The molecule has 0 bridgehead atoms. The van der Waals surface area contributed by atoms with Gasteiger partial charge < -0.3 is 4.79 Å². The van der Waals surface area contributed by atoms with E-state index in [9.17, 15) is 4.79 Å². The van der Waals surface area contributed by atoms with Gasteiger partial charge >= 0.3 is 0 Å². The predicted molar refractivity (Wildman–Crippen MR) is 77.6 cm³/mol. The van der Waals surface area contributed by atoms with E-state index in [1.54, 1.807) is 0 Å². The Kier molecular flexibility index (Phi) is 10.8. The van der Waals surface area contributed by atoms with E-state index in [1.807, 2.05) is 39.8 Å². The minimum Gasteiger partial charge on any atom is -0.303 e. The summed E-state index contributed by atoms with van der Waals surface area (Å²) in [5, 5.41) is 0. The molecular weight excluding hydrogens is 208 g/mol. The highest BCUT2D eigenvalue weighted by molar-refractivity contribution is 5.54. The highest BCUT2D eigenvalue weighted by Crippen LogP contribution is 2.21. The van der Waals surface area contributed by atoms with E-state index in [0.717, 1.165) is 11.8 Å². The number of hydrogen-bond acceptors (Lipinski definition) is 1. The second kappa shape index (κ2) is 10.1. The Morgan fingerprint density at radius 1 is 0.941 bits per heavy atom. The van der Waals surface area contributed by atoms with Crippen molar-refractivity contribution in [1.29, 1.82) is 0 Å². The molecule has 1 aromatic rings. The summed E-state index contributed by atoms with van der Waals surface area (Å²) in [6, 6.07) is 8.24. The van der Waals surface area contributed by atoms with Gasteiger partial charge in [-0.15, -0.1) is 0 Å². The topological polar surface area (TPSA) is 17.1 Å². The van der Waals surface area contributed by atoms with Crippen molar-refractivity contribution in [2.45, 2.75) is 60.3 Å². The predicted octanol–water partition coefficient (Wildman–Crippen LogP) is 4.78. The molecule has 0 fully saturated rings. The van der Waals surface area contributed by atoms with Crippen LogP contribution in [-0.2, 0) is 16.6 Å². The van der Waals surface area contributed by atoms with Crippen molar-refractivity contribution in [2.24, 2.45) is 0 Å². The lowest BCUT2D eigenvalue weighted by Crippen LogP contribution is -2.10. The second-order valence-electron chi connectivity index (χ2n) is 4.32. The van der Waals surface area contributed by atoms with Crippen LogP contribution in [-0.4, -0.2) is 6.29 Å². The standard InChI is InChI=1S/C12H16O.2C2H6/c1-12(2,3)11-6-4-10(5-7-11)8-9-13;2*1-2/h4-7,9H,8H2,1-3H3;2*1-2H3. The lowest BCUT2D eigenvalue weighted by Gasteiger charge is -2.18. The second-order valence-corrected chi connectivity index (χ2v) is 4.32. The van der Waals surface area contributed by atoms with E-state index in [0.29, 0.717) is 6.42 Å². The minimum absolute atomic E-state index is 0.194. The Bertz CT molecular complexity index is 277. The summed E-state index contributed by atoms with van der Waals surface area (Å²) in [5.74, 6) is 0. The normalized spacial score (nSPS) is 9.35. The lowest BCUT2D eigenvalue weighted by atomic mass is 9.86. The third-order valence-electron chi connectivity index (χ3n) is 2.14. The first-order valence-electron chi connectivity index (χ1n) is 6.57. The first-order chi connectivity index (χ1) is 8.04. The lowest BCUT2D eigenvalue weighted by molar-refractivity contribution is -0.107. The Hall–Kier alpha value is -1.11. The van der Waals surface area contributed by atoms with Crippen LogP contribution in [0.2, 0.25) is 0 Å². The van der Waals surface area contributed by atoms with Gasteiger partial charge in [-0.2, -0.15) is 0 Å². The number of carbonyl (C=O) groups is 1. The van der Waals surface area contributed by atoms with Crippen molar-refractivity contribution in [3.05, 3.63) is 35.4 Å². The van der Waals surface area contributed by atoms with Crippen molar-refractivity contribution in [3.63, 3.8) is 0 Å². The fourth-order valence-electron chi connectivity index (χ4n) is 1.24. The fraction of sp³-hybridized carbons (Fsp3) is 0.562. The summed E-state index contributed by atoms with van der Waals surface area (Å²) in [7, 11) is 0. The summed E-state index contributed by atoms with van der Waals surface area (Å²) in [5.41, 5.74) is 2.59. The molecule has 0 aliphatic heterocycles. The van der Waals surface area contributed by atoms with Crippen LogP contribution in [0.5, 0.6) is 0 Å². The van der Waals surface area contributed by atoms with E-state index in [2.05, 4.69) is 32.9 Å². The quantitative estimate of drug-likeness (QED) is 0.675. The Morgan fingerprint density at radius 3 is 1.65 bits per heavy atom. The van der Waals surface area contributed by atoms with Gasteiger partial charge in [0.25, 0.3) is 0 Å². The summed E-state index contributed by atoms with van der Waals surface area (Å²) >= 11 is 0. The summed E-state index contributed by atoms with van der Waals surface area (Å²) in [6.07, 6.45) is 1.45. The third-order valence-corrected chi connectivity index (χ3v) is 2.14. The molecule has 0 unspecified atom stereocenters. The van der Waals surface area contributed by atoms with Crippen LogP contribution in [0.4, 0.5) is 0 Å². The van der Waals surface area contributed by atoms with Crippen molar-refractivity contribution >= 4 is 6.29 Å². The van der Waals surface area contributed by atoms with Crippen LogP contribution in [0.25, 0.3) is 0 Å². The number of rotatable bonds is 2. The van der Waals surface area contributed by atoms with Crippen molar-refractivity contribution in [2.75, 3.05) is 0 Å². The maximum Gasteiger partial charge on any atom is 0.124 e. The molecule has 0 heterocycles. The molecule has 0 saturated heterocycles. The van der Waals surface area contributed by atoms with E-state index in [-0.39, 0.29) is 5.41 Å². The van der Waals surface area contributed by atoms with E-state index in [4.69, 9.17) is 0 Å². The molecule has 0 amide bonds. The highest BCUT2D eigenvalue weighted by atomic mass is 16.1. The van der Waals surface area contributed by atoms with Gasteiger partial charge in [-0.1, -0.05) is 72.7 Å². The summed E-state index contributed by atoms with van der Waals surface area (Å²) in [6.45, 7) is 14.5. The molecule has 1 rings (SSSR count). The van der Waals surface area contributed by atoms with Crippen LogP contribution < -0.4 is 0 Å². The van der Waals surface area contributed by atoms with Gasteiger partial charge in [0.15, 0.2) is 0 Å². The zero-order valence-electron chi connectivity index (χ0n) is 12.5. The molecule has 17 heavy (non-hydrogen) atoms. The smallest absolute Gasteiger partial charge is 0.124 e. The van der Waals surface area contributed by atoms with Crippen molar-refractivity contribution in [3.8, 4) is 0 Å². The van der Waals surface area contributed by atoms with Crippen LogP contribution in [0.3, 0.4) is 0 Å². The number of hydrogen-bond donors (Lipinski definition) is 0. The van der Waals surface area contributed by atoms with Crippen LogP contribution in [0.1, 0.15) is 59.6 Å². The molecule has 0 aromatic heterocycles. The maximum atomic E-state index is 10.3. The molecular formula is C16H28O. The third kappa shape index (κ3) is 7.73. The number of benzene rings is 1. The fourth-order valence-corrected chi connectivity index (χ4v) is 1.24. The van der Waals surface area contributed by atoms with Crippen LogP contribution in [0, 0.1) is 0 Å². The molecule has 0 radical (unpaired) electrons. The first kappa shape index (κ1) is 18.3. The first-order valence-corrected chi connectivity index (χ1v) is 6.57. The molecule has 1 nitrogen and oxygen atoms in total. The number of carbonyl (C=O) groups excluding carboxylic acids is 1. The van der Waals surface area contributed by atoms with Crippen molar-refractivity contribution in [1.82, 2.24) is 0 Å².